The van der Waals surface area contributed by atoms with Crippen LogP contribution < -0.4 is 4.74 Å². The second-order valence-electron chi connectivity index (χ2n) is 7.96. The largest absolute Gasteiger partial charge is 0.492 e. The van der Waals surface area contributed by atoms with Gasteiger partial charge >= 0.3 is 0 Å². The Hall–Kier alpha value is -1.12. The molecule has 192 valence electrons. The van der Waals surface area contributed by atoms with Crippen molar-refractivity contribution in [3.63, 3.8) is 0 Å². The van der Waals surface area contributed by atoms with Crippen LogP contribution >= 0.6 is 79.3 Å². The second-order valence-corrected chi connectivity index (χ2v) is 10.6. The Morgan fingerprint density at radius 3 is 2.28 bits per heavy atom. The molecule has 0 aromatic heterocycles. The number of ether oxygens (including phenoxy) is 2. The summed E-state index contributed by atoms with van der Waals surface area (Å²) in [5, 5.41) is 1.78. The van der Waals surface area contributed by atoms with E-state index in [1.807, 2.05) is 71.9 Å². The van der Waals surface area contributed by atoms with Gasteiger partial charge in [0.25, 0.3) is 0 Å². The van der Waals surface area contributed by atoms with Gasteiger partial charge in [-0.15, -0.1) is 17.0 Å². The van der Waals surface area contributed by atoms with Crippen LogP contribution in [-0.2, 0) is 11.3 Å². The van der Waals surface area contributed by atoms with Crippen molar-refractivity contribution in [2.45, 2.75) is 18.2 Å². The summed E-state index contributed by atoms with van der Waals surface area (Å²) in [5.41, 5.74) is 1.29. The average molecular weight is 698 g/mol. The fourth-order valence-electron chi connectivity index (χ4n) is 3.58. The predicted octanol–water partition coefficient (Wildman–Crippen LogP) is 8.94. The van der Waals surface area contributed by atoms with Crippen molar-refractivity contribution >= 4 is 79.3 Å². The van der Waals surface area contributed by atoms with Crippen LogP contribution in [0.3, 0.4) is 0 Å². The van der Waals surface area contributed by atoms with Crippen LogP contribution in [0.25, 0.3) is 0 Å². The molecule has 1 aliphatic rings. The minimum Gasteiger partial charge on any atom is -0.492 e. The maximum absolute atomic E-state index is 6.97. The van der Waals surface area contributed by atoms with E-state index in [1.165, 1.54) is 0 Å². The van der Waals surface area contributed by atoms with Gasteiger partial charge in [-0.1, -0.05) is 80.5 Å². The lowest BCUT2D eigenvalue weighted by Crippen LogP contribution is -2.36. The summed E-state index contributed by atoms with van der Waals surface area (Å²) in [6.07, 6.45) is 3.55. The van der Waals surface area contributed by atoms with Crippen molar-refractivity contribution < 1.29 is 9.47 Å². The molecule has 0 fully saturated rings. The number of hydrogen-bond donors (Lipinski definition) is 0. The minimum atomic E-state index is -0.462. The molecule has 0 aliphatic carbocycles. The van der Waals surface area contributed by atoms with Crippen LogP contribution in [-0.4, -0.2) is 35.1 Å². The van der Waals surface area contributed by atoms with E-state index in [1.54, 1.807) is 12.1 Å². The van der Waals surface area contributed by atoms with Crippen LogP contribution in [0.2, 0.25) is 15.1 Å². The molecule has 0 spiro atoms. The molecule has 0 saturated carbocycles. The molecule has 4 rings (SSSR count). The zero-order chi connectivity index (χ0) is 24.8. The molecule has 10 heteroatoms. The van der Waals surface area contributed by atoms with E-state index in [0.717, 1.165) is 27.9 Å². The van der Waals surface area contributed by atoms with Crippen LogP contribution in [0, 0.1) is 0 Å². The summed E-state index contributed by atoms with van der Waals surface area (Å²) in [6, 6.07) is 20.7. The van der Waals surface area contributed by atoms with E-state index >= 15 is 0 Å². The highest BCUT2D eigenvalue weighted by molar-refractivity contribution is 9.10. The molecule has 0 saturated heterocycles. The van der Waals surface area contributed by atoms with Gasteiger partial charge in [-0.25, -0.2) is 0 Å². The van der Waals surface area contributed by atoms with Crippen molar-refractivity contribution in [1.82, 2.24) is 9.80 Å². The van der Waals surface area contributed by atoms with Gasteiger partial charge in [-0.05, 0) is 59.7 Å². The molecule has 3 aromatic rings. The van der Waals surface area contributed by atoms with Crippen molar-refractivity contribution in [2.75, 3.05) is 19.8 Å². The third kappa shape index (κ3) is 8.19. The van der Waals surface area contributed by atoms with Crippen LogP contribution in [0.4, 0.5) is 0 Å². The lowest BCUT2D eigenvalue weighted by Gasteiger charge is -2.31. The topological polar surface area (TPSA) is 24.9 Å². The van der Waals surface area contributed by atoms with Crippen molar-refractivity contribution in [1.29, 1.82) is 0 Å². The van der Waals surface area contributed by atoms with E-state index < -0.39 is 11.6 Å². The number of halogens is 6. The standard InChI is InChI=1S/C26H23BrCl4N2O2.BrH/c27-20-4-9-23(10-5-20)34-14-13-32-11-12-33(17-32)26(31)25(18-1-6-21(28)7-2-18)35-16-19-3-8-22(29)15-24(19)30;/h1-12,15,25-26H,13-14,16-17H2;1H. The molecule has 0 amide bonds. The fraction of sp³-hybridized carbons (Fsp3) is 0.231. The third-order valence-corrected chi connectivity index (χ3v) is 7.32. The normalized spacial score (nSPS) is 14.5. The first-order valence-electron chi connectivity index (χ1n) is 10.9. The molecule has 0 radical (unpaired) electrons. The summed E-state index contributed by atoms with van der Waals surface area (Å²) in [4.78, 5) is 4.17. The van der Waals surface area contributed by atoms with Crippen molar-refractivity contribution in [2.24, 2.45) is 0 Å². The number of benzene rings is 3. The Balaban J connectivity index is 0.00000361. The van der Waals surface area contributed by atoms with Gasteiger partial charge in [0, 0.05) is 31.9 Å². The maximum atomic E-state index is 6.97. The van der Waals surface area contributed by atoms with Crippen molar-refractivity contribution in [3.05, 3.63) is 110 Å². The number of rotatable bonds is 10. The molecule has 1 aliphatic heterocycles. The van der Waals surface area contributed by atoms with Gasteiger partial charge in [-0.2, -0.15) is 0 Å². The molecular weight excluding hydrogens is 674 g/mol. The Morgan fingerprint density at radius 1 is 0.889 bits per heavy atom. The highest BCUT2D eigenvalue weighted by Crippen LogP contribution is 2.33. The quantitative estimate of drug-likeness (QED) is 0.156. The zero-order valence-electron chi connectivity index (χ0n) is 19.0. The van der Waals surface area contributed by atoms with Gasteiger partial charge in [0.2, 0.25) is 0 Å². The smallest absolute Gasteiger partial charge is 0.135 e. The van der Waals surface area contributed by atoms with Crippen LogP contribution in [0.1, 0.15) is 17.2 Å². The summed E-state index contributed by atoms with van der Waals surface area (Å²) < 4.78 is 13.2. The minimum absolute atomic E-state index is 0. The lowest BCUT2D eigenvalue weighted by molar-refractivity contribution is 0.00651. The zero-order valence-corrected chi connectivity index (χ0v) is 25.3. The fourth-order valence-corrected chi connectivity index (χ4v) is 4.78. The van der Waals surface area contributed by atoms with E-state index in [-0.39, 0.29) is 23.6 Å². The first-order valence-corrected chi connectivity index (χ1v) is 13.3. The van der Waals surface area contributed by atoms with Gasteiger partial charge in [0.15, 0.2) is 0 Å². The van der Waals surface area contributed by atoms with Crippen molar-refractivity contribution in [3.8, 4) is 5.75 Å². The number of alkyl halides is 1. The Morgan fingerprint density at radius 2 is 1.58 bits per heavy atom. The van der Waals surface area contributed by atoms with Crippen LogP contribution in [0.15, 0.2) is 83.6 Å². The molecule has 4 nitrogen and oxygen atoms in total. The molecule has 2 unspecified atom stereocenters. The maximum Gasteiger partial charge on any atom is 0.135 e. The molecule has 0 N–H and O–H groups in total. The highest BCUT2D eigenvalue weighted by atomic mass is 79.9. The Bertz CT molecular complexity index is 1150. The van der Waals surface area contributed by atoms with Crippen LogP contribution in [0.5, 0.6) is 5.75 Å². The Kier molecular flexibility index (Phi) is 11.6. The summed E-state index contributed by atoms with van der Waals surface area (Å²) in [5.74, 6) is 0.834. The van der Waals surface area contributed by atoms with E-state index in [4.69, 9.17) is 55.9 Å². The van der Waals surface area contributed by atoms with Gasteiger partial charge in [0.1, 0.15) is 24.0 Å². The molecule has 36 heavy (non-hydrogen) atoms. The number of nitrogens with zero attached hydrogens (tertiary/aromatic N) is 2. The SMILES string of the molecule is Br.Clc1ccc(C(OCc2ccc(Cl)cc2Cl)C(Cl)N2C=CN(CCOc3ccc(Br)cc3)C2)cc1. The first-order chi connectivity index (χ1) is 16.9. The number of hydrogen-bond acceptors (Lipinski definition) is 4. The summed E-state index contributed by atoms with van der Waals surface area (Å²) in [7, 11) is 0. The average Bonchev–Trinajstić information content (AvgIpc) is 3.31. The molecule has 3 aromatic carbocycles. The first kappa shape index (κ1) is 29.4. The van der Waals surface area contributed by atoms with E-state index in [9.17, 15) is 0 Å². The van der Waals surface area contributed by atoms with Gasteiger partial charge in [0.05, 0.1) is 19.8 Å². The molecule has 1 heterocycles. The summed E-state index contributed by atoms with van der Waals surface area (Å²) >= 11 is 28.9. The van der Waals surface area contributed by atoms with E-state index in [2.05, 4.69) is 20.8 Å². The summed E-state index contributed by atoms with van der Waals surface area (Å²) in [6.45, 7) is 2.18. The Labute approximate surface area is 250 Å². The molecule has 0 bridgehead atoms. The molecular formula is C26H24Br2Cl4N2O2. The van der Waals surface area contributed by atoms with Gasteiger partial charge < -0.3 is 19.3 Å². The lowest BCUT2D eigenvalue weighted by atomic mass is 10.1. The second kappa shape index (κ2) is 14.1. The monoisotopic (exact) mass is 694 g/mol. The highest BCUT2D eigenvalue weighted by Gasteiger charge is 2.29. The van der Waals surface area contributed by atoms with Gasteiger partial charge in [-0.3, -0.25) is 0 Å². The predicted molar refractivity (Wildman–Crippen MR) is 158 cm³/mol. The molecule has 2 atom stereocenters. The third-order valence-electron chi connectivity index (χ3n) is 5.47. The van der Waals surface area contributed by atoms with E-state index in [0.29, 0.717) is 28.3 Å².